The topological polar surface area (TPSA) is 101 Å². The Labute approximate surface area is 165 Å². The molecule has 0 unspecified atom stereocenters. The number of rotatable bonds is 6. The molecule has 1 aromatic heterocycles. The number of aromatic nitrogens is 2. The molecule has 0 aliphatic heterocycles. The molecule has 3 rings (SSSR count). The van der Waals surface area contributed by atoms with Crippen LogP contribution in [0.1, 0.15) is 34.6 Å². The first-order chi connectivity index (χ1) is 13.8. The quantitative estimate of drug-likeness (QED) is 0.617. The normalized spacial score (nSPS) is 10.6. The molecule has 0 saturated heterocycles. The van der Waals surface area contributed by atoms with Gasteiger partial charge in [0.15, 0.2) is 5.78 Å². The molecule has 0 bridgehead atoms. The molecule has 0 aliphatic carbocycles. The van der Waals surface area contributed by atoms with Gasteiger partial charge in [-0.25, -0.2) is 13.9 Å². The van der Waals surface area contributed by atoms with Crippen LogP contribution in [0.3, 0.4) is 0 Å². The van der Waals surface area contributed by atoms with Gasteiger partial charge >= 0.3 is 5.97 Å². The zero-order chi connectivity index (χ0) is 21.1. The predicted molar refractivity (Wildman–Crippen MR) is 106 cm³/mol. The molecule has 0 atom stereocenters. The van der Waals surface area contributed by atoms with Crippen LogP contribution >= 0.6 is 0 Å². The molecule has 1 heterocycles. The van der Waals surface area contributed by atoms with Gasteiger partial charge in [0.2, 0.25) is 0 Å². The third-order valence-electron chi connectivity index (χ3n) is 4.32. The van der Waals surface area contributed by atoms with Crippen LogP contribution in [0.25, 0.3) is 11.3 Å². The molecular formula is C21H18FN3O4. The number of aryl methyl sites for hydroxylation is 1. The van der Waals surface area contributed by atoms with Gasteiger partial charge in [-0.05, 0) is 32.0 Å². The van der Waals surface area contributed by atoms with Crippen LogP contribution in [0.4, 0.5) is 15.8 Å². The molecular weight excluding hydrogens is 377 g/mol. The van der Waals surface area contributed by atoms with Crippen LogP contribution < -0.4 is 10.9 Å². The summed E-state index contributed by atoms with van der Waals surface area (Å²) in [6, 6.07) is 12.3. The van der Waals surface area contributed by atoms with Crippen molar-refractivity contribution >= 4 is 23.1 Å². The Morgan fingerprint density at radius 3 is 2.41 bits per heavy atom. The summed E-state index contributed by atoms with van der Waals surface area (Å²) in [5.74, 6) is -2.75. The third-order valence-corrected chi connectivity index (χ3v) is 4.32. The average Bonchev–Trinajstić information content (AvgIpc) is 2.69. The number of carbonyl (C=O) groups is 2. The Morgan fingerprint density at radius 2 is 1.86 bits per heavy atom. The van der Waals surface area contributed by atoms with Crippen molar-refractivity contribution in [2.24, 2.45) is 0 Å². The first-order valence-electron chi connectivity index (χ1n) is 8.84. The van der Waals surface area contributed by atoms with E-state index < -0.39 is 22.9 Å². The first-order valence-corrected chi connectivity index (χ1v) is 8.84. The van der Waals surface area contributed by atoms with Gasteiger partial charge in [-0.15, -0.1) is 0 Å². The summed E-state index contributed by atoms with van der Waals surface area (Å²) in [5, 5.41) is 16.1. The second-order valence-corrected chi connectivity index (χ2v) is 6.27. The van der Waals surface area contributed by atoms with E-state index in [0.717, 1.165) is 12.1 Å². The molecule has 0 fully saturated rings. The van der Waals surface area contributed by atoms with Gasteiger partial charge < -0.3 is 10.4 Å². The number of halogens is 1. The molecule has 2 N–H and O–H groups in total. The fraction of sp³-hybridized carbons (Fsp3) is 0.143. The minimum Gasteiger partial charge on any atom is -0.478 e. The lowest BCUT2D eigenvalue weighted by Gasteiger charge is -2.16. The Bertz CT molecular complexity index is 1160. The lowest BCUT2D eigenvalue weighted by atomic mass is 10.0. The summed E-state index contributed by atoms with van der Waals surface area (Å²) in [6.45, 7) is 3.32. The minimum atomic E-state index is -1.40. The molecule has 29 heavy (non-hydrogen) atoms. The van der Waals surface area contributed by atoms with E-state index in [1.807, 2.05) is 6.07 Å². The second kappa shape index (κ2) is 8.05. The number of hydrogen-bond donors (Lipinski definition) is 2. The smallest absolute Gasteiger partial charge is 0.338 e. The molecule has 0 spiro atoms. The third kappa shape index (κ3) is 3.91. The van der Waals surface area contributed by atoms with Crippen LogP contribution in [0.15, 0.2) is 53.3 Å². The van der Waals surface area contributed by atoms with Crippen molar-refractivity contribution in [2.45, 2.75) is 20.4 Å². The number of carboxylic acids is 1. The van der Waals surface area contributed by atoms with E-state index in [1.165, 1.54) is 17.7 Å². The van der Waals surface area contributed by atoms with Gasteiger partial charge in [0.05, 0.1) is 11.1 Å². The van der Waals surface area contributed by atoms with Gasteiger partial charge in [0.25, 0.3) is 5.56 Å². The van der Waals surface area contributed by atoms with Crippen molar-refractivity contribution in [1.82, 2.24) is 9.78 Å². The Kier molecular flexibility index (Phi) is 5.54. The summed E-state index contributed by atoms with van der Waals surface area (Å²) in [7, 11) is 0. The van der Waals surface area contributed by atoms with E-state index in [4.69, 9.17) is 5.11 Å². The fourth-order valence-electron chi connectivity index (χ4n) is 2.95. The Morgan fingerprint density at radius 1 is 1.17 bits per heavy atom. The minimum absolute atomic E-state index is 0.0457. The van der Waals surface area contributed by atoms with E-state index in [-0.39, 0.29) is 29.3 Å². The Hall–Kier alpha value is -3.81. The van der Waals surface area contributed by atoms with Gasteiger partial charge in [0, 0.05) is 17.8 Å². The molecule has 3 aromatic rings. The van der Waals surface area contributed by atoms with Gasteiger partial charge in [-0.1, -0.05) is 30.3 Å². The van der Waals surface area contributed by atoms with E-state index in [9.17, 15) is 18.8 Å². The highest BCUT2D eigenvalue weighted by Gasteiger charge is 2.22. The number of nitrogens with zero attached hydrogens (tertiary/aromatic N) is 2. The SMILES string of the molecule is CCn1nc(-c2ccccc2)c(C(C)=O)c(Nc2ccc(C(=O)O)c(F)c2)c1=O. The number of aromatic carboxylic acids is 1. The fourth-order valence-corrected chi connectivity index (χ4v) is 2.95. The van der Waals surface area contributed by atoms with Crippen molar-refractivity contribution in [3.63, 3.8) is 0 Å². The zero-order valence-corrected chi connectivity index (χ0v) is 15.8. The van der Waals surface area contributed by atoms with E-state index >= 15 is 0 Å². The van der Waals surface area contributed by atoms with Crippen LogP contribution in [0.2, 0.25) is 0 Å². The highest BCUT2D eigenvalue weighted by Crippen LogP contribution is 2.28. The van der Waals surface area contributed by atoms with Crippen molar-refractivity contribution in [2.75, 3.05) is 5.32 Å². The highest BCUT2D eigenvalue weighted by atomic mass is 19.1. The highest BCUT2D eigenvalue weighted by molar-refractivity contribution is 6.05. The number of anilines is 2. The van der Waals surface area contributed by atoms with Crippen LogP contribution in [0.5, 0.6) is 0 Å². The van der Waals surface area contributed by atoms with Gasteiger partial charge in [-0.2, -0.15) is 5.10 Å². The summed E-state index contributed by atoms with van der Waals surface area (Å²) < 4.78 is 15.3. The number of ketones is 1. The zero-order valence-electron chi connectivity index (χ0n) is 15.8. The van der Waals surface area contributed by atoms with Crippen molar-refractivity contribution in [1.29, 1.82) is 0 Å². The molecule has 0 aliphatic rings. The Balaban J connectivity index is 2.22. The molecule has 148 valence electrons. The molecule has 0 amide bonds. The van der Waals surface area contributed by atoms with Crippen molar-refractivity contribution in [3.8, 4) is 11.3 Å². The number of Topliss-reactive ketones (excluding diaryl/α,β-unsaturated/α-hetero) is 1. The first kappa shape index (κ1) is 19.9. The standard InChI is InChI=1S/C21H18FN3O4/c1-3-25-20(27)19(23-14-9-10-15(21(28)29)16(22)11-14)17(12(2)26)18(24-25)13-7-5-4-6-8-13/h4-11,23H,3H2,1-2H3,(H,28,29). The van der Waals surface area contributed by atoms with Crippen LogP contribution in [-0.2, 0) is 6.54 Å². The number of nitrogens with one attached hydrogen (secondary N) is 1. The summed E-state index contributed by atoms with van der Waals surface area (Å²) in [4.78, 5) is 36.3. The van der Waals surface area contributed by atoms with E-state index in [2.05, 4.69) is 10.4 Å². The lowest BCUT2D eigenvalue weighted by Crippen LogP contribution is -2.28. The van der Waals surface area contributed by atoms with Crippen molar-refractivity contribution < 1.29 is 19.1 Å². The number of carbonyl (C=O) groups excluding carboxylic acids is 1. The maximum Gasteiger partial charge on any atom is 0.338 e. The maximum absolute atomic E-state index is 14.1. The van der Waals surface area contributed by atoms with Gasteiger partial charge in [0.1, 0.15) is 17.2 Å². The largest absolute Gasteiger partial charge is 0.478 e. The van der Waals surface area contributed by atoms with Crippen LogP contribution in [0, 0.1) is 5.82 Å². The second-order valence-electron chi connectivity index (χ2n) is 6.27. The average molecular weight is 395 g/mol. The van der Waals surface area contributed by atoms with E-state index in [0.29, 0.717) is 11.3 Å². The monoisotopic (exact) mass is 395 g/mol. The van der Waals surface area contributed by atoms with Gasteiger partial charge in [-0.3, -0.25) is 9.59 Å². The summed E-state index contributed by atoms with van der Waals surface area (Å²) >= 11 is 0. The molecule has 8 heteroatoms. The number of benzene rings is 2. The number of carboxylic acid groups (broad SMARTS) is 1. The lowest BCUT2D eigenvalue weighted by molar-refractivity contribution is 0.0691. The van der Waals surface area contributed by atoms with Crippen LogP contribution in [-0.4, -0.2) is 26.6 Å². The molecule has 0 radical (unpaired) electrons. The summed E-state index contributed by atoms with van der Waals surface area (Å²) in [6.07, 6.45) is 0. The van der Waals surface area contributed by atoms with Crippen molar-refractivity contribution in [3.05, 3.63) is 75.8 Å². The summed E-state index contributed by atoms with van der Waals surface area (Å²) in [5.41, 5.74) is 0.109. The molecule has 7 nitrogen and oxygen atoms in total. The molecule has 0 saturated carbocycles. The molecule has 2 aromatic carbocycles. The predicted octanol–water partition coefficient (Wildman–Crippen LogP) is 3.71. The van der Waals surface area contributed by atoms with E-state index in [1.54, 1.807) is 31.2 Å². The maximum atomic E-state index is 14.1. The number of hydrogen-bond acceptors (Lipinski definition) is 5.